The van der Waals surface area contributed by atoms with Gasteiger partial charge in [0.15, 0.2) is 10.2 Å². The van der Waals surface area contributed by atoms with E-state index in [0.717, 1.165) is 15.8 Å². The van der Waals surface area contributed by atoms with E-state index in [9.17, 15) is 9.59 Å². The smallest absolute Gasteiger partial charge is 0.230 e. The van der Waals surface area contributed by atoms with Crippen LogP contribution >= 0.6 is 23.1 Å². The molecule has 128 valence electrons. The maximum atomic E-state index is 12.7. The molecular weight excluding hydrogens is 352 g/mol. The van der Waals surface area contributed by atoms with Gasteiger partial charge in [-0.25, -0.2) is 4.98 Å². The number of benzene rings is 2. The number of carbonyl (C=O) groups is 2. The first-order chi connectivity index (χ1) is 12.1. The Bertz CT molecular complexity index is 844. The van der Waals surface area contributed by atoms with Crippen molar-refractivity contribution in [3.05, 3.63) is 60.2 Å². The molecule has 25 heavy (non-hydrogen) atoms. The molecule has 4 nitrogen and oxygen atoms in total. The Morgan fingerprint density at radius 2 is 1.84 bits per heavy atom. The summed E-state index contributed by atoms with van der Waals surface area (Å²) in [4.78, 5) is 28.5. The highest BCUT2D eigenvalue weighted by atomic mass is 32.2. The summed E-state index contributed by atoms with van der Waals surface area (Å²) in [6, 6.07) is 17.6. The maximum Gasteiger partial charge on any atom is 0.230 e. The standard InChI is InChI=1S/C19H18N2O2S2/c1-13(22)24-12-15(11-14-7-3-2-4-8-14)18(23)21-19-20-16-9-5-6-10-17(16)25-19/h2-10,15H,11-12H2,1H3,(H,20,21,23). The van der Waals surface area contributed by atoms with Gasteiger partial charge in [0.1, 0.15) is 0 Å². The van der Waals surface area contributed by atoms with E-state index in [1.807, 2.05) is 54.6 Å². The highest BCUT2D eigenvalue weighted by molar-refractivity contribution is 8.13. The van der Waals surface area contributed by atoms with Gasteiger partial charge in [-0.3, -0.25) is 9.59 Å². The number of thioether (sulfide) groups is 1. The van der Waals surface area contributed by atoms with E-state index >= 15 is 0 Å². The minimum absolute atomic E-state index is 0.0193. The second kappa shape index (κ2) is 8.27. The van der Waals surface area contributed by atoms with Gasteiger partial charge in [0.25, 0.3) is 0 Å². The van der Waals surface area contributed by atoms with Crippen LogP contribution in [0.2, 0.25) is 0 Å². The molecule has 0 fully saturated rings. The molecule has 0 saturated carbocycles. The van der Waals surface area contributed by atoms with E-state index in [1.165, 1.54) is 30.0 Å². The van der Waals surface area contributed by atoms with Crippen molar-refractivity contribution in [2.24, 2.45) is 5.92 Å². The van der Waals surface area contributed by atoms with Gasteiger partial charge in [-0.1, -0.05) is 65.6 Å². The van der Waals surface area contributed by atoms with Crippen molar-refractivity contribution in [2.75, 3.05) is 11.1 Å². The van der Waals surface area contributed by atoms with Crippen LogP contribution < -0.4 is 5.32 Å². The van der Waals surface area contributed by atoms with Crippen molar-refractivity contribution in [3.63, 3.8) is 0 Å². The molecule has 2 aromatic carbocycles. The maximum absolute atomic E-state index is 12.7. The predicted molar refractivity (Wildman–Crippen MR) is 105 cm³/mol. The molecule has 3 rings (SSSR count). The molecule has 1 N–H and O–H groups in total. The van der Waals surface area contributed by atoms with Crippen molar-refractivity contribution < 1.29 is 9.59 Å². The number of carbonyl (C=O) groups excluding carboxylic acids is 2. The summed E-state index contributed by atoms with van der Waals surface area (Å²) >= 11 is 2.64. The fourth-order valence-corrected chi connectivity index (χ4v) is 4.05. The molecule has 0 aliphatic carbocycles. The Morgan fingerprint density at radius 1 is 1.12 bits per heavy atom. The van der Waals surface area contributed by atoms with Gasteiger partial charge in [0, 0.05) is 12.7 Å². The average molecular weight is 370 g/mol. The molecular formula is C19H18N2O2S2. The van der Waals surface area contributed by atoms with Crippen LogP contribution in [0.1, 0.15) is 12.5 Å². The second-order valence-corrected chi connectivity index (χ2v) is 7.89. The van der Waals surface area contributed by atoms with Crippen LogP contribution in [0, 0.1) is 5.92 Å². The zero-order chi connectivity index (χ0) is 17.6. The van der Waals surface area contributed by atoms with Crippen LogP contribution in [0.15, 0.2) is 54.6 Å². The minimum Gasteiger partial charge on any atom is -0.302 e. The molecule has 0 aliphatic heterocycles. The lowest BCUT2D eigenvalue weighted by Crippen LogP contribution is -2.27. The molecule has 1 unspecified atom stereocenters. The van der Waals surface area contributed by atoms with Gasteiger partial charge >= 0.3 is 0 Å². The van der Waals surface area contributed by atoms with E-state index in [-0.39, 0.29) is 16.9 Å². The van der Waals surface area contributed by atoms with Crippen molar-refractivity contribution >= 4 is 49.5 Å². The number of para-hydroxylation sites is 1. The Balaban J connectivity index is 1.74. The number of aromatic nitrogens is 1. The normalized spacial score (nSPS) is 12.0. The average Bonchev–Trinajstić information content (AvgIpc) is 3.01. The number of hydrogen-bond acceptors (Lipinski definition) is 5. The van der Waals surface area contributed by atoms with Gasteiger partial charge in [-0.05, 0) is 24.1 Å². The molecule has 0 radical (unpaired) electrons. The minimum atomic E-state index is -0.289. The summed E-state index contributed by atoms with van der Waals surface area (Å²) in [7, 11) is 0. The van der Waals surface area contributed by atoms with Gasteiger partial charge in [0.05, 0.1) is 16.1 Å². The number of anilines is 1. The molecule has 1 heterocycles. The molecule has 3 aromatic rings. The third-order valence-electron chi connectivity index (χ3n) is 3.71. The highest BCUT2D eigenvalue weighted by Gasteiger charge is 2.21. The fraction of sp³-hybridized carbons (Fsp3) is 0.211. The molecule has 1 aromatic heterocycles. The quantitative estimate of drug-likeness (QED) is 0.700. The van der Waals surface area contributed by atoms with Gasteiger partial charge in [0.2, 0.25) is 5.91 Å². The number of amides is 1. The first kappa shape index (κ1) is 17.6. The zero-order valence-electron chi connectivity index (χ0n) is 13.8. The Labute approximate surface area is 154 Å². The molecule has 6 heteroatoms. The SMILES string of the molecule is CC(=O)SCC(Cc1ccccc1)C(=O)Nc1nc2ccccc2s1. The summed E-state index contributed by atoms with van der Waals surface area (Å²) in [5, 5.41) is 3.53. The molecule has 0 aliphatic rings. The lowest BCUT2D eigenvalue weighted by Gasteiger charge is -2.15. The van der Waals surface area contributed by atoms with E-state index in [1.54, 1.807) is 0 Å². The van der Waals surface area contributed by atoms with Crippen LogP contribution in [0.25, 0.3) is 10.2 Å². The molecule has 0 bridgehead atoms. The van der Waals surface area contributed by atoms with Crippen LogP contribution in [0.5, 0.6) is 0 Å². The second-order valence-electron chi connectivity index (χ2n) is 5.67. The van der Waals surface area contributed by atoms with Crippen LogP contribution in [-0.4, -0.2) is 21.8 Å². The van der Waals surface area contributed by atoms with Gasteiger partial charge < -0.3 is 5.32 Å². The van der Waals surface area contributed by atoms with E-state index in [4.69, 9.17) is 0 Å². The van der Waals surface area contributed by atoms with Gasteiger partial charge in [-0.2, -0.15) is 0 Å². The Morgan fingerprint density at radius 3 is 2.56 bits per heavy atom. The number of hydrogen-bond donors (Lipinski definition) is 1. The molecule has 0 saturated heterocycles. The van der Waals surface area contributed by atoms with E-state index in [0.29, 0.717) is 17.3 Å². The number of rotatable bonds is 6. The van der Waals surface area contributed by atoms with Crippen molar-refractivity contribution in [2.45, 2.75) is 13.3 Å². The zero-order valence-corrected chi connectivity index (χ0v) is 15.4. The topological polar surface area (TPSA) is 59.1 Å². The molecule has 1 amide bonds. The highest BCUT2D eigenvalue weighted by Crippen LogP contribution is 2.26. The number of fused-ring (bicyclic) bond motifs is 1. The third-order valence-corrected chi connectivity index (χ3v) is 5.63. The fourth-order valence-electron chi connectivity index (χ4n) is 2.48. The van der Waals surface area contributed by atoms with Gasteiger partial charge in [-0.15, -0.1) is 0 Å². The lowest BCUT2D eigenvalue weighted by molar-refractivity contribution is -0.119. The summed E-state index contributed by atoms with van der Waals surface area (Å²) in [6.07, 6.45) is 0.595. The first-order valence-corrected chi connectivity index (χ1v) is 9.76. The number of thiazole rings is 1. The molecule has 1 atom stereocenters. The van der Waals surface area contributed by atoms with E-state index < -0.39 is 0 Å². The van der Waals surface area contributed by atoms with Crippen molar-refractivity contribution in [1.29, 1.82) is 0 Å². The van der Waals surface area contributed by atoms with Crippen molar-refractivity contribution in [1.82, 2.24) is 4.98 Å². The number of nitrogens with zero attached hydrogens (tertiary/aromatic N) is 1. The summed E-state index contributed by atoms with van der Waals surface area (Å²) in [5.74, 6) is 0.0704. The van der Waals surface area contributed by atoms with Crippen LogP contribution in [-0.2, 0) is 16.0 Å². The molecule has 0 spiro atoms. The van der Waals surface area contributed by atoms with Crippen molar-refractivity contribution in [3.8, 4) is 0 Å². The largest absolute Gasteiger partial charge is 0.302 e. The third kappa shape index (κ3) is 4.90. The Kier molecular flexibility index (Phi) is 5.83. The summed E-state index contributed by atoms with van der Waals surface area (Å²) in [5.41, 5.74) is 1.96. The monoisotopic (exact) mass is 370 g/mol. The number of nitrogens with one attached hydrogen (secondary N) is 1. The summed E-state index contributed by atoms with van der Waals surface area (Å²) in [6.45, 7) is 1.52. The first-order valence-electron chi connectivity index (χ1n) is 7.95. The Hall–Kier alpha value is -2.18. The van der Waals surface area contributed by atoms with E-state index in [2.05, 4.69) is 10.3 Å². The summed E-state index contributed by atoms with van der Waals surface area (Å²) < 4.78 is 1.04. The lowest BCUT2D eigenvalue weighted by atomic mass is 10.0. The van der Waals surface area contributed by atoms with Crippen LogP contribution in [0.3, 0.4) is 0 Å². The predicted octanol–water partition coefficient (Wildman–Crippen LogP) is 4.37. The van der Waals surface area contributed by atoms with Crippen LogP contribution in [0.4, 0.5) is 5.13 Å².